The first-order chi connectivity index (χ1) is 4.75. The Labute approximate surface area is 64.0 Å². The second kappa shape index (κ2) is 3.38. The van der Waals surface area contributed by atoms with Crippen LogP contribution in [0.25, 0.3) is 0 Å². The third-order valence-electron chi connectivity index (χ3n) is 2.88. The van der Waals surface area contributed by atoms with Crippen molar-refractivity contribution in [3.63, 3.8) is 0 Å². The fourth-order valence-electron chi connectivity index (χ4n) is 1.88. The van der Waals surface area contributed by atoms with Gasteiger partial charge >= 0.3 is 0 Å². The molecule has 10 heavy (non-hydrogen) atoms. The Kier molecular flexibility index (Phi) is 2.72. The minimum Gasteiger partial charge on any atom is -0.330 e. The molecular weight excluding hydrogens is 122 g/mol. The molecule has 1 aliphatic rings. The van der Waals surface area contributed by atoms with Crippen LogP contribution in [0.5, 0.6) is 0 Å². The lowest BCUT2D eigenvalue weighted by Gasteiger charge is -2.35. The van der Waals surface area contributed by atoms with Gasteiger partial charge in [-0.25, -0.2) is 0 Å². The van der Waals surface area contributed by atoms with E-state index in [0.29, 0.717) is 0 Å². The van der Waals surface area contributed by atoms with Gasteiger partial charge in [-0.3, -0.25) is 0 Å². The van der Waals surface area contributed by atoms with Crippen LogP contribution in [0, 0.1) is 17.8 Å². The van der Waals surface area contributed by atoms with Gasteiger partial charge in [-0.05, 0) is 24.3 Å². The van der Waals surface area contributed by atoms with Gasteiger partial charge in [0, 0.05) is 0 Å². The highest BCUT2D eigenvalue weighted by molar-refractivity contribution is 4.79. The fraction of sp³-hybridized carbons (Fsp3) is 1.00. The average Bonchev–Trinajstić information content (AvgIpc) is 1.76. The Morgan fingerprint density at radius 3 is 2.10 bits per heavy atom. The van der Waals surface area contributed by atoms with E-state index in [0.717, 1.165) is 24.3 Å². The number of nitrogens with two attached hydrogens (primary N) is 1. The Hall–Kier alpha value is -0.0400. The van der Waals surface area contributed by atoms with Crippen LogP contribution in [0.2, 0.25) is 0 Å². The molecule has 1 nitrogen and oxygen atoms in total. The van der Waals surface area contributed by atoms with Crippen molar-refractivity contribution in [3.05, 3.63) is 0 Å². The van der Waals surface area contributed by atoms with Crippen LogP contribution in [-0.4, -0.2) is 6.54 Å². The molecular formula is C9H19N. The highest BCUT2D eigenvalue weighted by atomic mass is 14.6. The van der Waals surface area contributed by atoms with E-state index in [9.17, 15) is 0 Å². The zero-order valence-corrected chi connectivity index (χ0v) is 7.14. The minimum atomic E-state index is 0.787. The molecule has 0 aliphatic heterocycles. The van der Waals surface area contributed by atoms with E-state index in [2.05, 4.69) is 13.8 Å². The number of hydrogen-bond acceptors (Lipinski definition) is 1. The maximum atomic E-state index is 5.68. The highest BCUT2D eigenvalue weighted by Gasteiger charge is 2.27. The van der Waals surface area contributed by atoms with Crippen molar-refractivity contribution < 1.29 is 0 Å². The van der Waals surface area contributed by atoms with E-state index >= 15 is 0 Å². The standard InChI is InChI=1S/C9H19N/c1-7(2)9(6-10)8-4-3-5-8/h7-9H,3-6,10H2,1-2H3. The van der Waals surface area contributed by atoms with Crippen LogP contribution in [-0.2, 0) is 0 Å². The summed E-state index contributed by atoms with van der Waals surface area (Å²) >= 11 is 0. The van der Waals surface area contributed by atoms with Crippen molar-refractivity contribution in [3.8, 4) is 0 Å². The van der Waals surface area contributed by atoms with Crippen LogP contribution in [0.1, 0.15) is 33.1 Å². The van der Waals surface area contributed by atoms with Crippen LogP contribution in [0.3, 0.4) is 0 Å². The molecule has 0 aromatic rings. The van der Waals surface area contributed by atoms with E-state index < -0.39 is 0 Å². The zero-order valence-electron chi connectivity index (χ0n) is 7.14. The molecule has 1 heteroatoms. The molecule has 1 unspecified atom stereocenters. The van der Waals surface area contributed by atoms with Gasteiger partial charge < -0.3 is 5.73 Å². The predicted octanol–water partition coefficient (Wildman–Crippen LogP) is 2.02. The molecule has 1 atom stereocenters. The van der Waals surface area contributed by atoms with Crippen molar-refractivity contribution >= 4 is 0 Å². The van der Waals surface area contributed by atoms with Gasteiger partial charge in [0.1, 0.15) is 0 Å². The number of hydrogen-bond donors (Lipinski definition) is 1. The predicted molar refractivity (Wildman–Crippen MR) is 44.7 cm³/mol. The van der Waals surface area contributed by atoms with Gasteiger partial charge in [0.25, 0.3) is 0 Å². The summed E-state index contributed by atoms with van der Waals surface area (Å²) in [6, 6.07) is 0. The SMILES string of the molecule is CC(C)C(CN)C1CCC1. The Balaban J connectivity index is 2.31. The molecule has 0 radical (unpaired) electrons. The maximum absolute atomic E-state index is 5.68. The zero-order chi connectivity index (χ0) is 7.56. The Morgan fingerprint density at radius 2 is 2.00 bits per heavy atom. The summed E-state index contributed by atoms with van der Waals surface area (Å²) in [5, 5.41) is 0. The first-order valence-electron chi connectivity index (χ1n) is 4.45. The fourth-order valence-corrected chi connectivity index (χ4v) is 1.88. The van der Waals surface area contributed by atoms with Crippen LogP contribution in [0.15, 0.2) is 0 Å². The summed E-state index contributed by atoms with van der Waals surface area (Å²) in [6.07, 6.45) is 4.30. The quantitative estimate of drug-likeness (QED) is 0.639. The molecule has 1 aliphatic carbocycles. The van der Waals surface area contributed by atoms with Crippen molar-refractivity contribution in [2.45, 2.75) is 33.1 Å². The van der Waals surface area contributed by atoms with Crippen LogP contribution >= 0.6 is 0 Å². The Bertz CT molecular complexity index is 94.9. The topological polar surface area (TPSA) is 26.0 Å². The Morgan fingerprint density at radius 1 is 1.40 bits per heavy atom. The van der Waals surface area contributed by atoms with Crippen molar-refractivity contribution in [2.24, 2.45) is 23.5 Å². The summed E-state index contributed by atoms with van der Waals surface area (Å²) in [5.41, 5.74) is 5.68. The highest BCUT2D eigenvalue weighted by Crippen LogP contribution is 2.36. The van der Waals surface area contributed by atoms with Gasteiger partial charge in [0.15, 0.2) is 0 Å². The summed E-state index contributed by atoms with van der Waals surface area (Å²) in [4.78, 5) is 0. The third-order valence-corrected chi connectivity index (χ3v) is 2.88. The van der Waals surface area contributed by atoms with E-state index in [1.54, 1.807) is 0 Å². The van der Waals surface area contributed by atoms with E-state index in [1.807, 2.05) is 0 Å². The van der Waals surface area contributed by atoms with Crippen molar-refractivity contribution in [1.82, 2.24) is 0 Å². The molecule has 1 rings (SSSR count). The molecule has 1 saturated carbocycles. The molecule has 60 valence electrons. The molecule has 2 N–H and O–H groups in total. The summed E-state index contributed by atoms with van der Waals surface area (Å²) < 4.78 is 0. The van der Waals surface area contributed by atoms with Gasteiger partial charge in [0.2, 0.25) is 0 Å². The molecule has 0 saturated heterocycles. The van der Waals surface area contributed by atoms with E-state index in [-0.39, 0.29) is 0 Å². The third kappa shape index (κ3) is 1.51. The molecule has 0 aromatic carbocycles. The minimum absolute atomic E-state index is 0.787. The van der Waals surface area contributed by atoms with Crippen molar-refractivity contribution in [2.75, 3.05) is 6.54 Å². The van der Waals surface area contributed by atoms with Gasteiger partial charge in [-0.1, -0.05) is 33.1 Å². The lowest BCUT2D eigenvalue weighted by Crippen LogP contribution is -2.32. The van der Waals surface area contributed by atoms with Crippen molar-refractivity contribution in [1.29, 1.82) is 0 Å². The molecule has 0 aromatic heterocycles. The molecule has 1 fully saturated rings. The first kappa shape index (κ1) is 8.06. The molecule has 0 bridgehead atoms. The normalized spacial score (nSPS) is 22.8. The van der Waals surface area contributed by atoms with E-state index in [4.69, 9.17) is 5.73 Å². The molecule has 0 spiro atoms. The monoisotopic (exact) mass is 141 g/mol. The molecule has 0 heterocycles. The molecule has 0 amide bonds. The smallest absolute Gasteiger partial charge is 0.00438 e. The largest absolute Gasteiger partial charge is 0.330 e. The summed E-state index contributed by atoms with van der Waals surface area (Å²) in [6.45, 7) is 5.47. The lowest BCUT2D eigenvalue weighted by atomic mass is 9.71. The number of rotatable bonds is 3. The van der Waals surface area contributed by atoms with E-state index in [1.165, 1.54) is 19.3 Å². The summed E-state index contributed by atoms with van der Waals surface area (Å²) in [5.74, 6) is 2.55. The van der Waals surface area contributed by atoms with Crippen LogP contribution < -0.4 is 5.73 Å². The van der Waals surface area contributed by atoms with Crippen LogP contribution in [0.4, 0.5) is 0 Å². The second-order valence-corrected chi connectivity index (χ2v) is 3.83. The first-order valence-corrected chi connectivity index (χ1v) is 4.45. The summed E-state index contributed by atoms with van der Waals surface area (Å²) in [7, 11) is 0. The second-order valence-electron chi connectivity index (χ2n) is 3.83. The van der Waals surface area contributed by atoms with Gasteiger partial charge in [-0.2, -0.15) is 0 Å². The maximum Gasteiger partial charge on any atom is -0.00438 e. The van der Waals surface area contributed by atoms with Gasteiger partial charge in [0.05, 0.1) is 0 Å². The average molecular weight is 141 g/mol. The van der Waals surface area contributed by atoms with Gasteiger partial charge in [-0.15, -0.1) is 0 Å². The lowest BCUT2D eigenvalue weighted by molar-refractivity contribution is 0.166.